The van der Waals surface area contributed by atoms with E-state index in [-0.39, 0.29) is 0 Å². The quantitative estimate of drug-likeness (QED) is 0.0770. The number of nitrogens with one attached hydrogen (secondary N) is 1. The Morgan fingerprint density at radius 3 is 1.38 bits per heavy atom. The SMILES string of the molecule is CC(=O)N[C@H]1C(O)O[C@H](CO[C@@H]2O[C@H](CO)[C@@H](O)[C@H](O)[C@H]2O)[C@H](O)[C@@H]1O[C@@H]1O[C@H](CO[C@@H]2O[C@H](CO)[C@@H](O)[C@H](O)[C@H]2O)[C@H](O)[C@H](O[C@@H]2O[C@H](C(=O)O)[C@@H](O)[C@H](O)[C@H]2O)[C@H]1O. The second-order valence-corrected chi connectivity index (χ2v) is 14.8. The van der Waals surface area contributed by atoms with Gasteiger partial charge in [0.05, 0.1) is 26.4 Å². The maximum absolute atomic E-state index is 12.2. The van der Waals surface area contributed by atoms with Gasteiger partial charge >= 0.3 is 5.97 Å². The van der Waals surface area contributed by atoms with Gasteiger partial charge < -0.3 is 130 Å². The lowest BCUT2D eigenvalue weighted by Crippen LogP contribution is -2.69. The molecule has 0 spiro atoms. The van der Waals surface area contributed by atoms with Gasteiger partial charge in [-0.3, -0.25) is 4.79 Å². The number of amides is 1. The van der Waals surface area contributed by atoms with Crippen LogP contribution in [0.2, 0.25) is 0 Å². The number of carboxylic acids is 1. The molecule has 1 amide bonds. The number of aliphatic carboxylic acids is 1. The number of ether oxygens (including phenoxy) is 9. The molecule has 5 aliphatic heterocycles. The standard InChI is InChI=1S/C32H53NO27/c1-6(36)33-11-24(14(39)9(54-28(11)51)4-52-29-20(45)16(41)12(37)7(2-34)55-29)58-32-23(48)25(59-31-22(47)18(43)19(44)26(60-31)27(49)50)15(40)10(57-32)5-53-30-21(46)17(42)13(38)8(3-35)56-30/h7-26,28-32,34-35,37-48,51H,2-5H2,1H3,(H,33,36)(H,49,50)/t7-,8-,9-,10-,11-,12-,13-,14+,15+,16+,17+,18+,19+,20-,21-,22-,23-,24-,25+,26+,28?,29-,30-,31-,32+/m1/s1. The average molecular weight is 884 g/mol. The molecular formula is C32H53NO27. The number of aliphatic hydroxyl groups excluding tert-OH is 15. The summed E-state index contributed by atoms with van der Waals surface area (Å²) in [7, 11) is 0. The monoisotopic (exact) mass is 883 g/mol. The van der Waals surface area contributed by atoms with Crippen LogP contribution >= 0.6 is 0 Å². The van der Waals surface area contributed by atoms with E-state index in [4.69, 9.17) is 42.6 Å². The molecular weight excluding hydrogens is 830 g/mol. The number of carboxylic acid groups (broad SMARTS) is 1. The molecule has 0 radical (unpaired) electrons. The molecule has 1 unspecified atom stereocenters. The second-order valence-electron chi connectivity index (χ2n) is 14.8. The van der Waals surface area contributed by atoms with E-state index in [9.17, 15) is 91.3 Å². The summed E-state index contributed by atoms with van der Waals surface area (Å²) in [6.07, 6.45) is -46.7. The van der Waals surface area contributed by atoms with Crippen molar-refractivity contribution in [3.63, 3.8) is 0 Å². The number of hydrogen-bond acceptors (Lipinski definition) is 26. The summed E-state index contributed by atoms with van der Waals surface area (Å²) in [5.41, 5.74) is 0. The summed E-state index contributed by atoms with van der Waals surface area (Å²) < 4.78 is 49.3. The molecule has 0 aromatic rings. The lowest BCUT2D eigenvalue weighted by atomic mass is 9.94. The van der Waals surface area contributed by atoms with E-state index in [1.165, 1.54) is 0 Å². The van der Waals surface area contributed by atoms with Gasteiger partial charge in [0.15, 0.2) is 37.6 Å². The van der Waals surface area contributed by atoms with Gasteiger partial charge in [-0.05, 0) is 0 Å². The summed E-state index contributed by atoms with van der Waals surface area (Å²) in [4.78, 5) is 24.0. The highest BCUT2D eigenvalue weighted by Crippen LogP contribution is 2.34. The molecule has 5 aliphatic rings. The largest absolute Gasteiger partial charge is 0.479 e. The first-order chi connectivity index (χ1) is 28.2. The van der Waals surface area contributed by atoms with Crippen molar-refractivity contribution in [2.24, 2.45) is 0 Å². The molecule has 0 bridgehead atoms. The Balaban J connectivity index is 1.40. The highest BCUT2D eigenvalue weighted by atomic mass is 16.8. The molecule has 348 valence electrons. The van der Waals surface area contributed by atoms with Gasteiger partial charge in [-0.25, -0.2) is 4.79 Å². The molecule has 5 saturated heterocycles. The molecule has 28 nitrogen and oxygen atoms in total. The minimum atomic E-state index is -2.28. The van der Waals surface area contributed by atoms with Gasteiger partial charge in [0.1, 0.15) is 116 Å². The molecule has 28 heteroatoms. The van der Waals surface area contributed by atoms with Gasteiger partial charge in [-0.15, -0.1) is 0 Å². The Kier molecular flexibility index (Phi) is 16.9. The zero-order valence-electron chi connectivity index (χ0n) is 31.4. The zero-order chi connectivity index (χ0) is 44.5. The predicted octanol–water partition coefficient (Wildman–Crippen LogP) is -11.7. The number of rotatable bonds is 14. The fourth-order valence-corrected chi connectivity index (χ4v) is 7.20. The predicted molar refractivity (Wildman–Crippen MR) is 179 cm³/mol. The lowest BCUT2D eigenvalue weighted by molar-refractivity contribution is -0.377. The Morgan fingerprint density at radius 2 is 0.900 bits per heavy atom. The zero-order valence-corrected chi connectivity index (χ0v) is 31.4. The van der Waals surface area contributed by atoms with Crippen molar-refractivity contribution < 1.29 is 134 Å². The van der Waals surface area contributed by atoms with Gasteiger partial charge in [-0.1, -0.05) is 0 Å². The van der Waals surface area contributed by atoms with Crippen LogP contribution < -0.4 is 5.32 Å². The first-order valence-corrected chi connectivity index (χ1v) is 18.6. The molecule has 5 fully saturated rings. The maximum atomic E-state index is 12.2. The summed E-state index contributed by atoms with van der Waals surface area (Å²) in [5, 5.41) is 169. The van der Waals surface area contributed by atoms with Crippen molar-refractivity contribution in [1.29, 1.82) is 0 Å². The van der Waals surface area contributed by atoms with E-state index in [1.54, 1.807) is 0 Å². The molecule has 0 saturated carbocycles. The molecule has 5 heterocycles. The second kappa shape index (κ2) is 20.7. The van der Waals surface area contributed by atoms with Crippen LogP contribution in [0.25, 0.3) is 0 Å². The van der Waals surface area contributed by atoms with Crippen LogP contribution in [-0.4, -0.2) is 273 Å². The smallest absolute Gasteiger partial charge is 0.335 e. The minimum Gasteiger partial charge on any atom is -0.479 e. The van der Waals surface area contributed by atoms with Gasteiger partial charge in [0.25, 0.3) is 0 Å². The average Bonchev–Trinajstić information content (AvgIpc) is 3.20. The van der Waals surface area contributed by atoms with Gasteiger partial charge in [0, 0.05) is 6.92 Å². The first-order valence-electron chi connectivity index (χ1n) is 18.6. The molecule has 17 N–H and O–H groups in total. The maximum Gasteiger partial charge on any atom is 0.335 e. The van der Waals surface area contributed by atoms with Crippen LogP contribution in [0.4, 0.5) is 0 Å². The fourth-order valence-electron chi connectivity index (χ4n) is 7.20. The fraction of sp³-hybridized carbons (Fsp3) is 0.938. The van der Waals surface area contributed by atoms with Crippen LogP contribution in [0, 0.1) is 0 Å². The van der Waals surface area contributed by atoms with E-state index in [0.29, 0.717) is 0 Å². The van der Waals surface area contributed by atoms with Crippen molar-refractivity contribution in [2.75, 3.05) is 26.4 Å². The Morgan fingerprint density at radius 1 is 0.483 bits per heavy atom. The normalized spacial score (nSPS) is 50.2. The van der Waals surface area contributed by atoms with Crippen LogP contribution in [0.5, 0.6) is 0 Å². The Hall–Kier alpha value is -2.02. The lowest BCUT2D eigenvalue weighted by Gasteiger charge is -2.49. The first kappa shape index (κ1) is 49.0. The van der Waals surface area contributed by atoms with Crippen molar-refractivity contribution in [2.45, 2.75) is 160 Å². The summed E-state index contributed by atoms with van der Waals surface area (Å²) >= 11 is 0. The van der Waals surface area contributed by atoms with Crippen LogP contribution in [0.15, 0.2) is 0 Å². The molecule has 0 aliphatic carbocycles. The summed E-state index contributed by atoms with van der Waals surface area (Å²) in [5.74, 6) is -2.63. The minimum absolute atomic E-state index is 0.794. The van der Waals surface area contributed by atoms with Crippen LogP contribution in [0.1, 0.15) is 6.92 Å². The van der Waals surface area contributed by atoms with Gasteiger partial charge in [0.2, 0.25) is 5.91 Å². The van der Waals surface area contributed by atoms with Gasteiger partial charge in [-0.2, -0.15) is 0 Å². The van der Waals surface area contributed by atoms with E-state index in [1.807, 2.05) is 0 Å². The molecule has 25 atom stereocenters. The summed E-state index contributed by atoms with van der Waals surface area (Å²) in [6, 6.07) is -1.71. The molecule has 0 aromatic heterocycles. The Bertz CT molecular complexity index is 1400. The number of hydrogen-bond donors (Lipinski definition) is 17. The van der Waals surface area contributed by atoms with Crippen molar-refractivity contribution in [3.8, 4) is 0 Å². The molecule has 0 aromatic carbocycles. The van der Waals surface area contributed by atoms with Crippen molar-refractivity contribution in [3.05, 3.63) is 0 Å². The topological polar surface area (TPSA) is 453 Å². The molecule has 5 rings (SSSR count). The highest BCUT2D eigenvalue weighted by molar-refractivity contribution is 5.73. The van der Waals surface area contributed by atoms with Crippen molar-refractivity contribution >= 4 is 11.9 Å². The Labute approximate surface area is 338 Å². The van der Waals surface area contributed by atoms with Crippen molar-refractivity contribution in [1.82, 2.24) is 5.32 Å². The highest BCUT2D eigenvalue weighted by Gasteiger charge is 2.56. The van der Waals surface area contributed by atoms with Crippen LogP contribution in [-0.2, 0) is 52.2 Å². The molecule has 60 heavy (non-hydrogen) atoms. The number of carbonyl (C=O) groups is 2. The third-order valence-corrected chi connectivity index (χ3v) is 10.6. The van der Waals surface area contributed by atoms with E-state index >= 15 is 0 Å². The van der Waals surface area contributed by atoms with E-state index in [0.717, 1.165) is 6.92 Å². The summed E-state index contributed by atoms with van der Waals surface area (Å²) in [6.45, 7) is -2.35. The van der Waals surface area contributed by atoms with E-state index in [2.05, 4.69) is 5.32 Å². The number of aliphatic hydroxyl groups is 15. The number of carbonyl (C=O) groups excluding carboxylic acids is 1. The van der Waals surface area contributed by atoms with Crippen LogP contribution in [0.3, 0.4) is 0 Å². The third kappa shape index (κ3) is 10.3. The third-order valence-electron chi connectivity index (χ3n) is 10.6. The van der Waals surface area contributed by atoms with E-state index < -0.39 is 192 Å².